The fourth-order valence-corrected chi connectivity index (χ4v) is 1.83. The van der Waals surface area contributed by atoms with Crippen molar-refractivity contribution in [2.45, 2.75) is 65.2 Å². The minimum Gasteiger partial charge on any atom is -0.466 e. The molecule has 0 saturated heterocycles. The second-order valence-electron chi connectivity index (χ2n) is 4.90. The lowest BCUT2D eigenvalue weighted by Gasteiger charge is -2.10. The van der Waals surface area contributed by atoms with Gasteiger partial charge in [-0.25, -0.2) is 0 Å². The Balaban J connectivity index is 3.16. The van der Waals surface area contributed by atoms with Crippen LogP contribution in [0.5, 0.6) is 0 Å². The van der Waals surface area contributed by atoms with Gasteiger partial charge in [-0.3, -0.25) is 4.79 Å². The molecule has 1 atom stereocenters. The summed E-state index contributed by atoms with van der Waals surface area (Å²) in [5.74, 6) is 0.332. The van der Waals surface area contributed by atoms with Crippen LogP contribution >= 0.6 is 0 Å². The average molecular weight is 240 g/mol. The summed E-state index contributed by atoms with van der Waals surface area (Å²) < 4.78 is 4.98. The van der Waals surface area contributed by atoms with Gasteiger partial charge in [0.2, 0.25) is 0 Å². The maximum atomic E-state index is 10.6. The summed E-state index contributed by atoms with van der Waals surface area (Å²) in [6.07, 6.45) is 12.2. The van der Waals surface area contributed by atoms with Gasteiger partial charge in [-0.2, -0.15) is 0 Å². The number of carbonyl (C=O) groups excluding carboxylic acids is 1. The van der Waals surface area contributed by atoms with Crippen molar-refractivity contribution in [3.8, 4) is 0 Å². The van der Waals surface area contributed by atoms with E-state index < -0.39 is 0 Å². The van der Waals surface area contributed by atoms with E-state index in [1.807, 2.05) is 6.08 Å². The number of allylic oxidation sites excluding steroid dienone is 1. The molecule has 0 aliphatic rings. The molecule has 2 nitrogen and oxygen atoms in total. The van der Waals surface area contributed by atoms with Gasteiger partial charge in [0.05, 0.1) is 6.61 Å². The first kappa shape index (κ1) is 16.2. The van der Waals surface area contributed by atoms with E-state index in [9.17, 15) is 4.79 Å². The first-order chi connectivity index (χ1) is 8.16. The van der Waals surface area contributed by atoms with Crippen LogP contribution in [0.4, 0.5) is 0 Å². The highest BCUT2D eigenvalue weighted by Crippen LogP contribution is 2.13. The SMILES string of the molecule is C=CCCCCCCCCC(C)COC(C)=O. The van der Waals surface area contributed by atoms with Crippen LogP contribution in [-0.2, 0) is 9.53 Å². The minimum atomic E-state index is -0.168. The molecule has 0 aromatic heterocycles. The molecule has 1 unspecified atom stereocenters. The van der Waals surface area contributed by atoms with Crippen molar-refractivity contribution in [2.24, 2.45) is 5.92 Å². The van der Waals surface area contributed by atoms with Gasteiger partial charge in [-0.1, -0.05) is 45.1 Å². The Morgan fingerprint density at radius 1 is 1.18 bits per heavy atom. The summed E-state index contributed by atoms with van der Waals surface area (Å²) in [6, 6.07) is 0. The zero-order valence-electron chi connectivity index (χ0n) is 11.5. The molecule has 0 bridgehead atoms. The molecule has 100 valence electrons. The monoisotopic (exact) mass is 240 g/mol. The van der Waals surface area contributed by atoms with Gasteiger partial charge in [-0.15, -0.1) is 6.58 Å². The lowest BCUT2D eigenvalue weighted by atomic mass is 10.0. The van der Waals surface area contributed by atoms with Crippen molar-refractivity contribution in [1.82, 2.24) is 0 Å². The molecule has 0 saturated carbocycles. The summed E-state index contributed by atoms with van der Waals surface area (Å²) in [7, 11) is 0. The summed E-state index contributed by atoms with van der Waals surface area (Å²) in [6.45, 7) is 7.91. The molecule has 0 fully saturated rings. The van der Waals surface area contributed by atoms with E-state index in [1.165, 1.54) is 51.9 Å². The standard InChI is InChI=1S/C15H28O2/c1-4-5-6-7-8-9-10-11-12-14(2)13-17-15(3)16/h4,14H,1,5-13H2,2-3H3. The molecule has 0 spiro atoms. The van der Waals surface area contributed by atoms with E-state index in [4.69, 9.17) is 4.74 Å². The summed E-state index contributed by atoms with van der Waals surface area (Å²) in [4.78, 5) is 10.6. The third-order valence-electron chi connectivity index (χ3n) is 2.93. The molecule has 0 heterocycles. The average Bonchev–Trinajstić information content (AvgIpc) is 2.30. The van der Waals surface area contributed by atoms with E-state index in [2.05, 4.69) is 13.5 Å². The Morgan fingerprint density at radius 3 is 2.35 bits per heavy atom. The van der Waals surface area contributed by atoms with Crippen molar-refractivity contribution >= 4 is 5.97 Å². The Bertz CT molecular complexity index is 199. The third-order valence-corrected chi connectivity index (χ3v) is 2.93. The summed E-state index contributed by atoms with van der Waals surface area (Å²) >= 11 is 0. The Kier molecular flexibility index (Phi) is 11.1. The van der Waals surface area contributed by atoms with Crippen LogP contribution in [0, 0.1) is 5.92 Å². The lowest BCUT2D eigenvalue weighted by Crippen LogP contribution is -2.09. The predicted molar refractivity (Wildman–Crippen MR) is 72.9 cm³/mol. The number of unbranched alkanes of at least 4 members (excludes halogenated alkanes) is 6. The van der Waals surface area contributed by atoms with Crippen LogP contribution in [0.1, 0.15) is 65.2 Å². The molecule has 0 aromatic carbocycles. The number of hydrogen-bond acceptors (Lipinski definition) is 2. The maximum Gasteiger partial charge on any atom is 0.302 e. The summed E-state index contributed by atoms with van der Waals surface area (Å²) in [5.41, 5.74) is 0. The van der Waals surface area contributed by atoms with E-state index >= 15 is 0 Å². The maximum absolute atomic E-state index is 10.6. The molecule has 0 aliphatic carbocycles. The van der Waals surface area contributed by atoms with Gasteiger partial charge in [-0.05, 0) is 25.2 Å². The number of ether oxygens (including phenoxy) is 1. The molecule has 0 aliphatic heterocycles. The molecule has 2 heteroatoms. The molecule has 0 radical (unpaired) electrons. The molecule has 0 N–H and O–H groups in total. The number of hydrogen-bond donors (Lipinski definition) is 0. The fraction of sp³-hybridized carbons (Fsp3) is 0.800. The Morgan fingerprint density at radius 2 is 1.76 bits per heavy atom. The molecular formula is C15H28O2. The highest BCUT2D eigenvalue weighted by molar-refractivity contribution is 5.65. The van der Waals surface area contributed by atoms with Gasteiger partial charge in [0, 0.05) is 6.92 Å². The second kappa shape index (κ2) is 11.7. The van der Waals surface area contributed by atoms with Gasteiger partial charge in [0.1, 0.15) is 0 Å². The van der Waals surface area contributed by atoms with Crippen molar-refractivity contribution in [3.05, 3.63) is 12.7 Å². The van der Waals surface area contributed by atoms with E-state index in [0.717, 1.165) is 6.42 Å². The largest absolute Gasteiger partial charge is 0.466 e. The van der Waals surface area contributed by atoms with Gasteiger partial charge in [0.15, 0.2) is 0 Å². The zero-order valence-corrected chi connectivity index (χ0v) is 11.5. The van der Waals surface area contributed by atoms with Crippen molar-refractivity contribution in [3.63, 3.8) is 0 Å². The first-order valence-electron chi connectivity index (χ1n) is 6.91. The van der Waals surface area contributed by atoms with Crippen molar-refractivity contribution in [1.29, 1.82) is 0 Å². The zero-order chi connectivity index (χ0) is 12.9. The number of carbonyl (C=O) groups is 1. The topological polar surface area (TPSA) is 26.3 Å². The quantitative estimate of drug-likeness (QED) is 0.302. The van der Waals surface area contributed by atoms with Crippen LogP contribution in [0.15, 0.2) is 12.7 Å². The van der Waals surface area contributed by atoms with Gasteiger partial charge < -0.3 is 4.74 Å². The molecular weight excluding hydrogens is 212 g/mol. The molecule has 0 amide bonds. The second-order valence-corrected chi connectivity index (χ2v) is 4.90. The van der Waals surface area contributed by atoms with E-state index in [-0.39, 0.29) is 5.97 Å². The van der Waals surface area contributed by atoms with Gasteiger partial charge >= 0.3 is 5.97 Å². The molecule has 17 heavy (non-hydrogen) atoms. The Labute approximate surface area is 106 Å². The Hall–Kier alpha value is -0.790. The highest BCUT2D eigenvalue weighted by Gasteiger charge is 2.03. The summed E-state index contributed by atoms with van der Waals surface area (Å²) in [5, 5.41) is 0. The van der Waals surface area contributed by atoms with Crippen LogP contribution in [-0.4, -0.2) is 12.6 Å². The molecule has 0 aromatic rings. The number of rotatable bonds is 11. The van der Waals surface area contributed by atoms with Crippen LogP contribution in [0.3, 0.4) is 0 Å². The van der Waals surface area contributed by atoms with Crippen molar-refractivity contribution in [2.75, 3.05) is 6.61 Å². The van der Waals surface area contributed by atoms with Crippen molar-refractivity contribution < 1.29 is 9.53 Å². The first-order valence-corrected chi connectivity index (χ1v) is 6.91. The predicted octanol–water partition coefficient (Wildman–Crippen LogP) is 4.49. The van der Waals surface area contributed by atoms with Crippen LogP contribution in [0.2, 0.25) is 0 Å². The fourth-order valence-electron chi connectivity index (χ4n) is 1.83. The smallest absolute Gasteiger partial charge is 0.302 e. The van der Waals surface area contributed by atoms with E-state index in [1.54, 1.807) is 0 Å². The van der Waals surface area contributed by atoms with Gasteiger partial charge in [0.25, 0.3) is 0 Å². The number of esters is 1. The van der Waals surface area contributed by atoms with Crippen LogP contribution in [0.25, 0.3) is 0 Å². The lowest BCUT2D eigenvalue weighted by molar-refractivity contribution is -0.142. The minimum absolute atomic E-state index is 0.168. The molecule has 0 rings (SSSR count). The highest BCUT2D eigenvalue weighted by atomic mass is 16.5. The normalized spacial score (nSPS) is 12.1. The van der Waals surface area contributed by atoms with E-state index in [0.29, 0.717) is 12.5 Å². The van der Waals surface area contributed by atoms with Crippen LogP contribution < -0.4 is 0 Å². The third kappa shape index (κ3) is 13.1.